The van der Waals surface area contributed by atoms with Crippen LogP contribution in [0.15, 0.2) is 56.7 Å². The topological polar surface area (TPSA) is 92.3 Å². The number of hydrogen-bond donors (Lipinski definition) is 2. The van der Waals surface area contributed by atoms with Crippen LogP contribution < -0.4 is 9.44 Å². The first kappa shape index (κ1) is 20.9. The van der Waals surface area contributed by atoms with Crippen molar-refractivity contribution in [3.63, 3.8) is 0 Å². The Labute approximate surface area is 163 Å². The first-order valence-corrected chi connectivity index (χ1v) is 11.5. The van der Waals surface area contributed by atoms with Crippen LogP contribution >= 0.6 is 15.9 Å². The molecule has 0 spiro atoms. The van der Waals surface area contributed by atoms with Crippen molar-refractivity contribution >= 4 is 41.7 Å². The molecule has 0 aliphatic rings. The minimum absolute atomic E-state index is 0.0142. The summed E-state index contributed by atoms with van der Waals surface area (Å²) in [5.41, 5.74) is 0.296. The summed E-state index contributed by atoms with van der Waals surface area (Å²) >= 11 is 3.33. The third-order valence-electron chi connectivity index (χ3n) is 3.28. The fourth-order valence-corrected chi connectivity index (χ4v) is 5.03. The van der Waals surface area contributed by atoms with Gasteiger partial charge in [-0.3, -0.25) is 4.72 Å². The van der Waals surface area contributed by atoms with E-state index in [4.69, 9.17) is 0 Å². The molecule has 2 aromatic carbocycles. The molecule has 2 aromatic rings. The molecule has 0 radical (unpaired) electrons. The van der Waals surface area contributed by atoms with Crippen LogP contribution in [-0.4, -0.2) is 22.4 Å². The number of hydrogen-bond acceptors (Lipinski definition) is 4. The van der Waals surface area contributed by atoms with Crippen LogP contribution in [0.25, 0.3) is 0 Å². The molecule has 0 atom stereocenters. The van der Waals surface area contributed by atoms with Crippen molar-refractivity contribution in [1.29, 1.82) is 0 Å². The average molecular weight is 461 g/mol. The van der Waals surface area contributed by atoms with Crippen molar-refractivity contribution < 1.29 is 16.8 Å². The zero-order valence-electron chi connectivity index (χ0n) is 14.9. The molecular formula is C17H21BrN2O4S2. The zero-order chi connectivity index (χ0) is 19.8. The van der Waals surface area contributed by atoms with Gasteiger partial charge in [0.05, 0.1) is 15.5 Å². The Morgan fingerprint density at radius 2 is 1.50 bits per heavy atom. The minimum atomic E-state index is -3.84. The Morgan fingerprint density at radius 3 is 2.08 bits per heavy atom. The summed E-state index contributed by atoms with van der Waals surface area (Å²) in [7, 11) is -7.60. The van der Waals surface area contributed by atoms with E-state index < -0.39 is 25.6 Å². The molecule has 2 N–H and O–H groups in total. The number of rotatable bonds is 5. The highest BCUT2D eigenvalue weighted by Crippen LogP contribution is 2.23. The lowest BCUT2D eigenvalue weighted by molar-refractivity contribution is 0.491. The van der Waals surface area contributed by atoms with E-state index in [1.54, 1.807) is 33.8 Å². The van der Waals surface area contributed by atoms with E-state index in [0.717, 1.165) is 10.0 Å². The largest absolute Gasteiger partial charge is 0.280 e. The summed E-state index contributed by atoms with van der Waals surface area (Å²) in [4.78, 5) is 0.0823. The van der Waals surface area contributed by atoms with Crippen molar-refractivity contribution in [3.05, 3.63) is 52.5 Å². The third kappa shape index (κ3) is 5.29. The van der Waals surface area contributed by atoms with Crippen LogP contribution in [0.4, 0.5) is 5.69 Å². The SMILES string of the molecule is Cc1cc(S(=O)(=O)Nc2cccc(S(=O)(=O)NC(C)(C)C)c2)ccc1Br. The van der Waals surface area contributed by atoms with Crippen LogP contribution in [0.5, 0.6) is 0 Å². The van der Waals surface area contributed by atoms with Gasteiger partial charge in [0.1, 0.15) is 0 Å². The standard InChI is InChI=1S/C17H21BrN2O4S2/c1-12-10-15(8-9-16(12)18)25(21,22)19-13-6-5-7-14(11-13)26(23,24)20-17(2,3)4/h5-11,19-20H,1-4H3. The first-order chi connectivity index (χ1) is 11.8. The summed E-state index contributed by atoms with van der Waals surface area (Å²) in [6, 6.07) is 10.3. The van der Waals surface area contributed by atoms with E-state index >= 15 is 0 Å². The second-order valence-electron chi connectivity index (χ2n) is 6.90. The molecule has 0 saturated carbocycles. The van der Waals surface area contributed by atoms with E-state index in [9.17, 15) is 16.8 Å². The molecule has 0 heterocycles. The fourth-order valence-electron chi connectivity index (χ4n) is 2.19. The number of halogens is 1. The van der Waals surface area contributed by atoms with Gasteiger partial charge in [-0.15, -0.1) is 0 Å². The van der Waals surface area contributed by atoms with Gasteiger partial charge < -0.3 is 0 Å². The second-order valence-corrected chi connectivity index (χ2v) is 11.1. The Hall–Kier alpha value is -1.42. The molecule has 0 fully saturated rings. The summed E-state index contributed by atoms with van der Waals surface area (Å²) in [5, 5.41) is 0. The van der Waals surface area contributed by atoms with Gasteiger partial charge in [0.25, 0.3) is 10.0 Å². The molecule has 0 unspecified atom stereocenters. The van der Waals surface area contributed by atoms with Crippen LogP contribution in [0.2, 0.25) is 0 Å². The molecule has 0 bridgehead atoms. The summed E-state index contributed by atoms with van der Waals surface area (Å²) in [6.45, 7) is 6.97. The summed E-state index contributed by atoms with van der Waals surface area (Å²) < 4.78 is 55.7. The number of sulfonamides is 2. The van der Waals surface area contributed by atoms with E-state index in [1.165, 1.54) is 36.4 Å². The lowest BCUT2D eigenvalue weighted by Crippen LogP contribution is -2.40. The maximum atomic E-state index is 12.6. The highest BCUT2D eigenvalue weighted by atomic mass is 79.9. The minimum Gasteiger partial charge on any atom is -0.280 e. The maximum Gasteiger partial charge on any atom is 0.261 e. The van der Waals surface area contributed by atoms with Crippen LogP contribution in [0.1, 0.15) is 26.3 Å². The third-order valence-corrected chi connectivity index (χ3v) is 7.30. The van der Waals surface area contributed by atoms with Gasteiger partial charge in [-0.1, -0.05) is 22.0 Å². The predicted molar refractivity (Wildman–Crippen MR) is 106 cm³/mol. The Bertz CT molecular complexity index is 1030. The first-order valence-electron chi connectivity index (χ1n) is 7.73. The summed E-state index contributed by atoms with van der Waals surface area (Å²) in [6.07, 6.45) is 0. The highest BCUT2D eigenvalue weighted by molar-refractivity contribution is 9.10. The molecule has 142 valence electrons. The molecule has 0 aromatic heterocycles. The van der Waals surface area contributed by atoms with Gasteiger partial charge in [0.2, 0.25) is 10.0 Å². The number of nitrogens with one attached hydrogen (secondary N) is 2. The van der Waals surface area contributed by atoms with Crippen molar-refractivity contribution in [3.8, 4) is 0 Å². The van der Waals surface area contributed by atoms with Gasteiger partial charge in [0, 0.05) is 10.0 Å². The van der Waals surface area contributed by atoms with Gasteiger partial charge >= 0.3 is 0 Å². The molecule has 9 heteroatoms. The quantitative estimate of drug-likeness (QED) is 0.711. The van der Waals surface area contributed by atoms with Crippen molar-refractivity contribution in [1.82, 2.24) is 4.72 Å². The van der Waals surface area contributed by atoms with E-state index in [0.29, 0.717) is 0 Å². The van der Waals surface area contributed by atoms with Crippen molar-refractivity contribution in [2.24, 2.45) is 0 Å². The highest BCUT2D eigenvalue weighted by Gasteiger charge is 2.23. The molecule has 2 rings (SSSR count). The van der Waals surface area contributed by atoms with Gasteiger partial charge in [-0.2, -0.15) is 0 Å². The molecular weight excluding hydrogens is 440 g/mol. The van der Waals surface area contributed by atoms with E-state index in [-0.39, 0.29) is 15.5 Å². The average Bonchev–Trinajstić information content (AvgIpc) is 2.47. The Balaban J connectivity index is 2.35. The number of benzene rings is 2. The van der Waals surface area contributed by atoms with Gasteiger partial charge in [-0.05, 0) is 69.7 Å². The zero-order valence-corrected chi connectivity index (χ0v) is 18.1. The van der Waals surface area contributed by atoms with Crippen molar-refractivity contribution in [2.75, 3.05) is 4.72 Å². The molecule has 0 amide bonds. The smallest absolute Gasteiger partial charge is 0.261 e. The predicted octanol–water partition coefficient (Wildman–Crippen LogP) is 3.64. The second kappa shape index (κ2) is 7.30. The monoisotopic (exact) mass is 460 g/mol. The molecule has 6 nitrogen and oxygen atoms in total. The number of anilines is 1. The molecule has 0 aliphatic heterocycles. The maximum absolute atomic E-state index is 12.6. The van der Waals surface area contributed by atoms with E-state index in [1.807, 2.05) is 0 Å². The molecule has 26 heavy (non-hydrogen) atoms. The van der Waals surface area contributed by atoms with Crippen LogP contribution in [0.3, 0.4) is 0 Å². The molecule has 0 saturated heterocycles. The molecule has 0 aliphatic carbocycles. The normalized spacial score (nSPS) is 12.8. The van der Waals surface area contributed by atoms with Gasteiger partial charge in [-0.25, -0.2) is 21.6 Å². The van der Waals surface area contributed by atoms with Crippen LogP contribution in [0, 0.1) is 6.92 Å². The summed E-state index contributed by atoms with van der Waals surface area (Å²) in [5.74, 6) is 0. The lowest BCUT2D eigenvalue weighted by atomic mass is 10.1. The van der Waals surface area contributed by atoms with Gasteiger partial charge in [0.15, 0.2) is 0 Å². The lowest BCUT2D eigenvalue weighted by Gasteiger charge is -2.20. The van der Waals surface area contributed by atoms with E-state index in [2.05, 4.69) is 25.4 Å². The van der Waals surface area contributed by atoms with Crippen molar-refractivity contribution in [2.45, 2.75) is 43.0 Å². The number of aryl methyl sites for hydroxylation is 1. The Morgan fingerprint density at radius 1 is 0.885 bits per heavy atom. The fraction of sp³-hybridized carbons (Fsp3) is 0.294. The van der Waals surface area contributed by atoms with Crippen LogP contribution in [-0.2, 0) is 20.0 Å². The Kier molecular flexibility index (Phi) is 5.86.